The summed E-state index contributed by atoms with van der Waals surface area (Å²) in [5, 5.41) is 3.24. The Kier molecular flexibility index (Phi) is 10.2. The second-order valence-electron chi connectivity index (χ2n) is 8.72. The lowest BCUT2D eigenvalue weighted by Gasteiger charge is -2.32. The Hall–Kier alpha value is -2.38. The second kappa shape index (κ2) is 12.6. The molecule has 1 fully saturated rings. The number of amides is 1. The number of nitrogens with one attached hydrogen (secondary N) is 1. The van der Waals surface area contributed by atoms with Gasteiger partial charge in [0, 0.05) is 6.54 Å². The first-order chi connectivity index (χ1) is 14.9. The summed E-state index contributed by atoms with van der Waals surface area (Å²) in [7, 11) is 0. The molecular weight excluding hydrogens is 426 g/mol. The molecule has 0 saturated carbocycles. The number of anilines is 1. The van der Waals surface area contributed by atoms with E-state index >= 15 is 0 Å². The Bertz CT molecular complexity index is 852. The van der Waals surface area contributed by atoms with Crippen molar-refractivity contribution in [3.05, 3.63) is 47.4 Å². The molecule has 0 unspecified atom stereocenters. The van der Waals surface area contributed by atoms with Crippen molar-refractivity contribution in [2.45, 2.75) is 46.0 Å². The SMILES string of the molecule is Cc1ccc(C(C)C)c(OCC2CCN(CCCNc3cnc(C(N)=O)cn3)CC2)c1.Cl. The minimum Gasteiger partial charge on any atom is -0.493 e. The smallest absolute Gasteiger partial charge is 0.268 e. The predicted octanol–water partition coefficient (Wildman–Crippen LogP) is 4.02. The molecule has 32 heavy (non-hydrogen) atoms. The van der Waals surface area contributed by atoms with Gasteiger partial charge in [0.1, 0.15) is 17.3 Å². The molecule has 1 aliphatic rings. The summed E-state index contributed by atoms with van der Waals surface area (Å²) < 4.78 is 6.25. The van der Waals surface area contributed by atoms with Crippen LogP contribution < -0.4 is 15.8 Å². The number of nitrogens with zero attached hydrogens (tertiary/aromatic N) is 3. The van der Waals surface area contributed by atoms with Gasteiger partial charge in [0.2, 0.25) is 0 Å². The first-order valence-corrected chi connectivity index (χ1v) is 11.2. The highest BCUT2D eigenvalue weighted by Crippen LogP contribution is 2.29. The zero-order valence-electron chi connectivity index (χ0n) is 19.3. The summed E-state index contributed by atoms with van der Waals surface area (Å²) in [5.41, 5.74) is 7.90. The van der Waals surface area contributed by atoms with E-state index in [4.69, 9.17) is 10.5 Å². The van der Waals surface area contributed by atoms with Crippen molar-refractivity contribution in [2.75, 3.05) is 38.1 Å². The number of halogens is 1. The monoisotopic (exact) mass is 461 g/mol. The molecule has 1 amide bonds. The fraction of sp³-hybridized carbons (Fsp3) is 0.542. The second-order valence-corrected chi connectivity index (χ2v) is 8.72. The van der Waals surface area contributed by atoms with Gasteiger partial charge in [-0.3, -0.25) is 4.79 Å². The number of rotatable bonds is 10. The lowest BCUT2D eigenvalue weighted by molar-refractivity contribution is 0.0995. The van der Waals surface area contributed by atoms with Crippen molar-refractivity contribution in [1.82, 2.24) is 14.9 Å². The molecule has 1 aromatic carbocycles. The molecule has 0 aliphatic carbocycles. The van der Waals surface area contributed by atoms with Crippen LogP contribution in [0.25, 0.3) is 0 Å². The summed E-state index contributed by atoms with van der Waals surface area (Å²) >= 11 is 0. The molecule has 0 spiro atoms. The number of carbonyl (C=O) groups excluding carboxylic acids is 1. The number of aromatic nitrogens is 2. The molecule has 3 N–H and O–H groups in total. The maximum absolute atomic E-state index is 11.0. The minimum atomic E-state index is -0.563. The van der Waals surface area contributed by atoms with Crippen LogP contribution in [0, 0.1) is 12.8 Å². The van der Waals surface area contributed by atoms with E-state index in [9.17, 15) is 4.79 Å². The molecule has 8 heteroatoms. The Morgan fingerprint density at radius 1 is 1.25 bits per heavy atom. The molecule has 1 saturated heterocycles. The van der Waals surface area contributed by atoms with Crippen molar-refractivity contribution in [3.8, 4) is 5.75 Å². The quantitative estimate of drug-likeness (QED) is 0.519. The summed E-state index contributed by atoms with van der Waals surface area (Å²) in [6.07, 6.45) is 6.33. The van der Waals surface area contributed by atoms with Gasteiger partial charge >= 0.3 is 0 Å². The van der Waals surface area contributed by atoms with E-state index in [1.165, 1.54) is 30.2 Å². The number of hydrogen-bond acceptors (Lipinski definition) is 6. The molecule has 2 heterocycles. The van der Waals surface area contributed by atoms with Gasteiger partial charge in [0.05, 0.1) is 19.0 Å². The number of piperidine rings is 1. The zero-order chi connectivity index (χ0) is 22.2. The number of carbonyl (C=O) groups is 1. The molecule has 1 aliphatic heterocycles. The standard InChI is InChI=1S/C24H35N5O2.ClH/c1-17(2)20-6-5-18(3)13-22(20)31-16-19-7-11-29(12-8-19)10-4-9-26-23-15-27-21(14-28-23)24(25)30;/h5-6,13-15,17,19H,4,7-12,16H2,1-3H3,(H2,25,30)(H,26,28);1H. The van der Waals surface area contributed by atoms with E-state index in [2.05, 4.69) is 59.2 Å². The van der Waals surface area contributed by atoms with Crippen molar-refractivity contribution >= 4 is 24.1 Å². The Balaban J connectivity index is 0.00000363. The third-order valence-corrected chi connectivity index (χ3v) is 5.83. The highest BCUT2D eigenvalue weighted by molar-refractivity contribution is 5.90. The summed E-state index contributed by atoms with van der Waals surface area (Å²) in [4.78, 5) is 21.7. The molecule has 0 atom stereocenters. The van der Waals surface area contributed by atoms with Crippen LogP contribution in [0.1, 0.15) is 60.6 Å². The normalized spacial score (nSPS) is 14.8. The molecule has 3 rings (SSSR count). The number of nitrogens with two attached hydrogens (primary N) is 1. The lowest BCUT2D eigenvalue weighted by atomic mass is 9.97. The van der Waals surface area contributed by atoms with E-state index in [0.29, 0.717) is 17.7 Å². The minimum absolute atomic E-state index is 0. The van der Waals surface area contributed by atoms with E-state index in [-0.39, 0.29) is 18.1 Å². The van der Waals surface area contributed by atoms with Gasteiger partial charge in [-0.25, -0.2) is 9.97 Å². The van der Waals surface area contributed by atoms with Gasteiger partial charge in [-0.05, 0) is 74.8 Å². The number of likely N-dealkylation sites (tertiary alicyclic amines) is 1. The van der Waals surface area contributed by atoms with Crippen molar-refractivity contribution in [2.24, 2.45) is 11.7 Å². The number of benzene rings is 1. The van der Waals surface area contributed by atoms with Crippen molar-refractivity contribution < 1.29 is 9.53 Å². The maximum Gasteiger partial charge on any atom is 0.268 e. The van der Waals surface area contributed by atoms with E-state index < -0.39 is 5.91 Å². The topological polar surface area (TPSA) is 93.4 Å². The van der Waals surface area contributed by atoms with Crippen LogP contribution >= 0.6 is 12.4 Å². The molecule has 0 bridgehead atoms. The Morgan fingerprint density at radius 2 is 2.00 bits per heavy atom. The van der Waals surface area contributed by atoms with Crippen LogP contribution in [-0.2, 0) is 0 Å². The molecule has 1 aromatic heterocycles. The molecule has 176 valence electrons. The number of hydrogen-bond donors (Lipinski definition) is 2. The molecular formula is C24H36ClN5O2. The van der Waals surface area contributed by atoms with Gasteiger partial charge in [0.25, 0.3) is 5.91 Å². The van der Waals surface area contributed by atoms with Crippen LogP contribution in [0.5, 0.6) is 5.75 Å². The van der Waals surface area contributed by atoms with Crippen LogP contribution in [0.2, 0.25) is 0 Å². The van der Waals surface area contributed by atoms with E-state index in [1.54, 1.807) is 6.20 Å². The van der Waals surface area contributed by atoms with Gasteiger partial charge in [-0.2, -0.15) is 0 Å². The molecule has 2 aromatic rings. The molecule has 7 nitrogen and oxygen atoms in total. The lowest BCUT2D eigenvalue weighted by Crippen LogP contribution is -2.36. The van der Waals surface area contributed by atoms with Crippen molar-refractivity contribution in [1.29, 1.82) is 0 Å². The first-order valence-electron chi connectivity index (χ1n) is 11.2. The molecule has 0 radical (unpaired) electrons. The largest absolute Gasteiger partial charge is 0.493 e. The fourth-order valence-electron chi connectivity index (χ4n) is 3.89. The van der Waals surface area contributed by atoms with Crippen LogP contribution in [0.15, 0.2) is 30.6 Å². The van der Waals surface area contributed by atoms with Gasteiger partial charge in [-0.1, -0.05) is 26.0 Å². The Morgan fingerprint density at radius 3 is 2.62 bits per heavy atom. The summed E-state index contributed by atoms with van der Waals surface area (Å²) in [5.74, 6) is 2.24. The average Bonchev–Trinajstić information content (AvgIpc) is 2.76. The summed E-state index contributed by atoms with van der Waals surface area (Å²) in [6, 6.07) is 6.53. The van der Waals surface area contributed by atoms with E-state index in [0.717, 1.165) is 45.0 Å². The first kappa shape index (κ1) is 25.9. The van der Waals surface area contributed by atoms with Gasteiger partial charge in [-0.15, -0.1) is 12.4 Å². The third kappa shape index (κ3) is 7.64. The van der Waals surface area contributed by atoms with Gasteiger partial charge < -0.3 is 20.7 Å². The Labute approximate surface area is 197 Å². The number of ether oxygens (including phenoxy) is 1. The predicted molar refractivity (Wildman–Crippen MR) is 131 cm³/mol. The highest BCUT2D eigenvalue weighted by Gasteiger charge is 2.20. The van der Waals surface area contributed by atoms with Crippen LogP contribution in [-0.4, -0.2) is 53.6 Å². The van der Waals surface area contributed by atoms with Crippen molar-refractivity contribution in [3.63, 3.8) is 0 Å². The van der Waals surface area contributed by atoms with Gasteiger partial charge in [0.15, 0.2) is 0 Å². The fourth-order valence-corrected chi connectivity index (χ4v) is 3.89. The van der Waals surface area contributed by atoms with Crippen LogP contribution in [0.4, 0.5) is 5.82 Å². The average molecular weight is 462 g/mol. The van der Waals surface area contributed by atoms with E-state index in [1.807, 2.05) is 0 Å². The number of aryl methyl sites for hydroxylation is 1. The van der Waals surface area contributed by atoms with Crippen LogP contribution in [0.3, 0.4) is 0 Å². The number of primary amides is 1. The maximum atomic E-state index is 11.0. The third-order valence-electron chi connectivity index (χ3n) is 5.83. The highest BCUT2D eigenvalue weighted by atomic mass is 35.5. The summed E-state index contributed by atoms with van der Waals surface area (Å²) in [6.45, 7) is 11.5. The zero-order valence-corrected chi connectivity index (χ0v) is 20.2.